The molecule has 0 aromatic carbocycles. The Balaban J connectivity index is 1.64. The Bertz CT molecular complexity index is 1070. The molecule has 3 aromatic heterocycles. The number of nitrogens with one attached hydrogen (secondary N) is 2. The van der Waals surface area contributed by atoms with Crippen LogP contribution in [-0.2, 0) is 0 Å². The van der Waals surface area contributed by atoms with E-state index >= 15 is 0 Å². The van der Waals surface area contributed by atoms with Crippen LogP contribution in [0.2, 0.25) is 0 Å². The van der Waals surface area contributed by atoms with Crippen molar-refractivity contribution in [3.8, 4) is 0 Å². The van der Waals surface area contributed by atoms with Gasteiger partial charge in [-0.2, -0.15) is 10.1 Å². The third kappa shape index (κ3) is 4.01. The smallest absolute Gasteiger partial charge is 0.225 e. The van der Waals surface area contributed by atoms with Crippen molar-refractivity contribution >= 4 is 23.0 Å². The van der Waals surface area contributed by atoms with Gasteiger partial charge in [0.25, 0.3) is 0 Å². The van der Waals surface area contributed by atoms with E-state index in [2.05, 4.69) is 35.7 Å². The SMILES string of the molecule is C/C=C(/c1ccn2nccc2n1)c1c(C)nc(NC2CCC(C)(C)CC2)nc1NC. The van der Waals surface area contributed by atoms with Crippen LogP contribution in [0.5, 0.6) is 0 Å². The maximum Gasteiger partial charge on any atom is 0.225 e. The second kappa shape index (κ2) is 8.05. The lowest BCUT2D eigenvalue weighted by Gasteiger charge is -2.34. The van der Waals surface area contributed by atoms with Crippen molar-refractivity contribution in [2.24, 2.45) is 5.41 Å². The van der Waals surface area contributed by atoms with E-state index in [1.54, 1.807) is 10.7 Å². The van der Waals surface area contributed by atoms with E-state index in [4.69, 9.17) is 15.0 Å². The zero-order valence-electron chi connectivity index (χ0n) is 18.5. The molecule has 0 radical (unpaired) electrons. The van der Waals surface area contributed by atoms with Crippen molar-refractivity contribution in [3.63, 3.8) is 0 Å². The molecule has 3 heterocycles. The van der Waals surface area contributed by atoms with Crippen LogP contribution in [0.3, 0.4) is 0 Å². The molecule has 1 aliphatic rings. The fourth-order valence-corrected chi connectivity index (χ4v) is 4.25. The number of aryl methyl sites for hydroxylation is 1. The lowest BCUT2D eigenvalue weighted by molar-refractivity contribution is 0.232. The highest BCUT2D eigenvalue weighted by Gasteiger charge is 2.27. The van der Waals surface area contributed by atoms with Gasteiger partial charge in [-0.1, -0.05) is 19.9 Å². The molecule has 3 aromatic rings. The minimum Gasteiger partial charge on any atom is -0.372 e. The molecule has 4 rings (SSSR count). The highest BCUT2D eigenvalue weighted by atomic mass is 15.2. The van der Waals surface area contributed by atoms with Crippen molar-refractivity contribution in [1.82, 2.24) is 24.6 Å². The zero-order chi connectivity index (χ0) is 21.3. The predicted octanol–water partition coefficient (Wildman–Crippen LogP) is 4.70. The van der Waals surface area contributed by atoms with Crippen LogP contribution in [0.1, 0.15) is 63.4 Å². The van der Waals surface area contributed by atoms with Gasteiger partial charge in [0.05, 0.1) is 17.6 Å². The van der Waals surface area contributed by atoms with Crippen molar-refractivity contribution in [1.29, 1.82) is 0 Å². The number of nitrogens with zero attached hydrogens (tertiary/aromatic N) is 5. The predicted molar refractivity (Wildman–Crippen MR) is 122 cm³/mol. The maximum atomic E-state index is 4.81. The lowest BCUT2D eigenvalue weighted by atomic mass is 9.76. The topological polar surface area (TPSA) is 80.0 Å². The number of aromatic nitrogens is 5. The molecule has 0 spiro atoms. The van der Waals surface area contributed by atoms with Gasteiger partial charge < -0.3 is 10.6 Å². The fourth-order valence-electron chi connectivity index (χ4n) is 4.25. The Morgan fingerprint density at radius 2 is 1.93 bits per heavy atom. The molecule has 7 nitrogen and oxygen atoms in total. The molecular weight excluding hydrogens is 374 g/mol. The highest BCUT2D eigenvalue weighted by Crippen LogP contribution is 2.36. The number of anilines is 2. The van der Waals surface area contributed by atoms with E-state index < -0.39 is 0 Å². The largest absolute Gasteiger partial charge is 0.372 e. The summed E-state index contributed by atoms with van der Waals surface area (Å²) in [6.45, 7) is 8.76. The van der Waals surface area contributed by atoms with Gasteiger partial charge in [-0.15, -0.1) is 0 Å². The Morgan fingerprint density at radius 1 is 1.17 bits per heavy atom. The van der Waals surface area contributed by atoms with E-state index in [1.807, 2.05) is 39.2 Å². The summed E-state index contributed by atoms with van der Waals surface area (Å²) in [7, 11) is 1.90. The van der Waals surface area contributed by atoms with Gasteiger partial charge in [-0.05, 0) is 51.0 Å². The minimum atomic E-state index is 0.431. The molecule has 1 saturated carbocycles. The molecule has 7 heteroatoms. The molecule has 0 aliphatic heterocycles. The van der Waals surface area contributed by atoms with Gasteiger partial charge in [-0.3, -0.25) is 0 Å². The summed E-state index contributed by atoms with van der Waals surface area (Å²) in [5, 5.41) is 11.1. The molecule has 0 atom stereocenters. The molecule has 0 bridgehead atoms. The monoisotopic (exact) mass is 405 g/mol. The van der Waals surface area contributed by atoms with Gasteiger partial charge in [0.15, 0.2) is 5.65 Å². The van der Waals surface area contributed by atoms with Crippen LogP contribution >= 0.6 is 0 Å². The van der Waals surface area contributed by atoms with E-state index in [1.165, 1.54) is 12.8 Å². The highest BCUT2D eigenvalue weighted by molar-refractivity contribution is 5.85. The summed E-state index contributed by atoms with van der Waals surface area (Å²) in [6.07, 6.45) is 10.5. The first kappa shape index (κ1) is 20.3. The van der Waals surface area contributed by atoms with Crippen LogP contribution < -0.4 is 10.6 Å². The summed E-state index contributed by atoms with van der Waals surface area (Å²) in [4.78, 5) is 14.4. The zero-order valence-corrected chi connectivity index (χ0v) is 18.5. The summed E-state index contributed by atoms with van der Waals surface area (Å²) in [6, 6.07) is 4.31. The average Bonchev–Trinajstić information content (AvgIpc) is 3.19. The first-order valence-corrected chi connectivity index (χ1v) is 10.7. The first-order valence-electron chi connectivity index (χ1n) is 10.7. The second-order valence-corrected chi connectivity index (χ2v) is 8.84. The van der Waals surface area contributed by atoms with Gasteiger partial charge >= 0.3 is 0 Å². The summed E-state index contributed by atoms with van der Waals surface area (Å²) < 4.78 is 1.76. The third-order valence-electron chi connectivity index (χ3n) is 6.09. The molecule has 1 aliphatic carbocycles. The number of rotatable bonds is 5. The molecule has 30 heavy (non-hydrogen) atoms. The first-order chi connectivity index (χ1) is 14.4. The van der Waals surface area contributed by atoms with Gasteiger partial charge in [-0.25, -0.2) is 14.5 Å². The maximum absolute atomic E-state index is 4.81. The molecule has 0 unspecified atom stereocenters. The van der Waals surface area contributed by atoms with E-state index in [0.717, 1.165) is 46.8 Å². The van der Waals surface area contributed by atoms with Crippen LogP contribution in [0, 0.1) is 12.3 Å². The molecular formula is C23H31N7. The normalized spacial score (nSPS) is 17.3. The standard InChI is InChI=1S/C23H31N7/c1-6-17(18-10-14-30-19(28-18)9-13-25-30)20-15(2)26-22(29-21(20)24-5)27-16-7-11-23(3,4)12-8-16/h6,9-10,13-14,16H,7-8,11-12H2,1-5H3,(H2,24,26,27,29)/b17-6-. The van der Waals surface area contributed by atoms with Gasteiger partial charge in [0, 0.05) is 36.5 Å². The minimum absolute atomic E-state index is 0.431. The van der Waals surface area contributed by atoms with Crippen LogP contribution in [-0.4, -0.2) is 37.7 Å². The van der Waals surface area contributed by atoms with Crippen molar-refractivity contribution in [2.45, 2.75) is 59.4 Å². The van der Waals surface area contributed by atoms with E-state index in [9.17, 15) is 0 Å². The van der Waals surface area contributed by atoms with E-state index in [-0.39, 0.29) is 0 Å². The van der Waals surface area contributed by atoms with Crippen molar-refractivity contribution < 1.29 is 0 Å². The molecule has 1 fully saturated rings. The van der Waals surface area contributed by atoms with Crippen LogP contribution in [0.4, 0.5) is 11.8 Å². The Hall–Kier alpha value is -2.96. The number of allylic oxidation sites excluding steroid dienone is 1. The van der Waals surface area contributed by atoms with Crippen molar-refractivity contribution in [3.05, 3.63) is 47.6 Å². The van der Waals surface area contributed by atoms with E-state index in [0.29, 0.717) is 17.4 Å². The Kier molecular flexibility index (Phi) is 5.45. The number of hydrogen-bond acceptors (Lipinski definition) is 6. The van der Waals surface area contributed by atoms with Crippen LogP contribution in [0.15, 0.2) is 30.6 Å². The van der Waals surface area contributed by atoms with Gasteiger partial charge in [0.1, 0.15) is 5.82 Å². The Morgan fingerprint density at radius 3 is 2.63 bits per heavy atom. The molecule has 0 amide bonds. The molecule has 158 valence electrons. The third-order valence-corrected chi connectivity index (χ3v) is 6.09. The van der Waals surface area contributed by atoms with Crippen molar-refractivity contribution in [2.75, 3.05) is 17.7 Å². The summed E-state index contributed by atoms with van der Waals surface area (Å²) in [5.74, 6) is 1.50. The molecule has 0 saturated heterocycles. The fraction of sp³-hybridized carbons (Fsp3) is 0.478. The molecule has 2 N–H and O–H groups in total. The Labute approximate surface area is 178 Å². The number of hydrogen-bond donors (Lipinski definition) is 2. The van der Waals surface area contributed by atoms with Gasteiger partial charge in [0.2, 0.25) is 5.95 Å². The summed E-state index contributed by atoms with van der Waals surface area (Å²) >= 11 is 0. The quantitative estimate of drug-likeness (QED) is 0.640. The number of fused-ring (bicyclic) bond motifs is 1. The summed E-state index contributed by atoms with van der Waals surface area (Å²) in [5.41, 5.74) is 5.05. The average molecular weight is 406 g/mol. The lowest BCUT2D eigenvalue weighted by Crippen LogP contribution is -2.30. The van der Waals surface area contributed by atoms with Crippen LogP contribution in [0.25, 0.3) is 11.2 Å². The second-order valence-electron chi connectivity index (χ2n) is 8.84.